The van der Waals surface area contributed by atoms with Gasteiger partial charge < -0.3 is 9.88 Å². The fraction of sp³-hybridized carbons (Fsp3) is 0.727. The molecule has 1 aliphatic carbocycles. The van der Waals surface area contributed by atoms with E-state index in [9.17, 15) is 0 Å². The quantitative estimate of drug-likeness (QED) is 0.803. The maximum Gasteiger partial charge on any atom is 0.202 e. The Bertz CT molecular complexity index is 342. The molecular formula is C11H18N4. The molecule has 1 unspecified atom stereocenters. The molecule has 0 spiro atoms. The van der Waals surface area contributed by atoms with Crippen LogP contribution in [0.15, 0.2) is 12.4 Å². The maximum atomic E-state index is 4.30. The average Bonchev–Trinajstić information content (AvgIpc) is 2.86. The first-order valence-electron chi connectivity index (χ1n) is 5.81. The molecule has 0 amide bonds. The minimum Gasteiger partial charge on any atom is -0.352 e. The van der Waals surface area contributed by atoms with E-state index in [4.69, 9.17) is 0 Å². The zero-order chi connectivity index (χ0) is 10.3. The molecule has 3 rings (SSSR count). The lowest BCUT2D eigenvalue weighted by atomic mass is 10.3. The molecule has 15 heavy (non-hydrogen) atoms. The largest absolute Gasteiger partial charge is 0.352 e. The third kappa shape index (κ3) is 1.86. The Morgan fingerprint density at radius 1 is 1.40 bits per heavy atom. The molecule has 4 heteroatoms. The Hall–Kier alpha value is -1.03. The van der Waals surface area contributed by atoms with E-state index in [1.54, 1.807) is 0 Å². The van der Waals surface area contributed by atoms with E-state index >= 15 is 0 Å². The normalized spacial score (nSPS) is 27.1. The van der Waals surface area contributed by atoms with Crippen molar-refractivity contribution in [2.24, 2.45) is 7.05 Å². The highest BCUT2D eigenvalue weighted by molar-refractivity contribution is 5.27. The molecule has 2 aliphatic rings. The topological polar surface area (TPSA) is 33.1 Å². The SMILES string of the molecule is Cn1ccnc1NC1CCN(C2CC2)C1. The number of imidazole rings is 1. The number of anilines is 1. The zero-order valence-corrected chi connectivity index (χ0v) is 9.19. The summed E-state index contributed by atoms with van der Waals surface area (Å²) in [5.41, 5.74) is 0. The van der Waals surface area contributed by atoms with Crippen molar-refractivity contribution in [1.29, 1.82) is 0 Å². The van der Waals surface area contributed by atoms with Crippen molar-refractivity contribution in [1.82, 2.24) is 14.5 Å². The van der Waals surface area contributed by atoms with Crippen LogP contribution >= 0.6 is 0 Å². The first-order valence-corrected chi connectivity index (χ1v) is 5.81. The van der Waals surface area contributed by atoms with Gasteiger partial charge in [-0.25, -0.2) is 4.98 Å². The second-order valence-corrected chi connectivity index (χ2v) is 4.72. The van der Waals surface area contributed by atoms with Gasteiger partial charge in [0, 0.05) is 44.6 Å². The summed E-state index contributed by atoms with van der Waals surface area (Å²) in [6, 6.07) is 1.49. The molecule has 82 valence electrons. The van der Waals surface area contributed by atoms with Crippen LogP contribution in [0.1, 0.15) is 19.3 Å². The molecule has 0 radical (unpaired) electrons. The molecule has 0 aromatic carbocycles. The van der Waals surface area contributed by atoms with Gasteiger partial charge in [-0.05, 0) is 19.3 Å². The first-order chi connectivity index (χ1) is 7.33. The smallest absolute Gasteiger partial charge is 0.202 e. The Balaban J connectivity index is 1.58. The van der Waals surface area contributed by atoms with Crippen molar-refractivity contribution in [2.45, 2.75) is 31.3 Å². The zero-order valence-electron chi connectivity index (χ0n) is 9.19. The van der Waals surface area contributed by atoms with E-state index in [1.807, 2.05) is 24.0 Å². The van der Waals surface area contributed by atoms with Crippen LogP contribution in [-0.2, 0) is 7.05 Å². The lowest BCUT2D eigenvalue weighted by molar-refractivity contribution is 0.326. The van der Waals surface area contributed by atoms with Crippen LogP contribution in [0.2, 0.25) is 0 Å². The van der Waals surface area contributed by atoms with E-state index in [0.29, 0.717) is 6.04 Å². The number of nitrogens with one attached hydrogen (secondary N) is 1. The third-order valence-corrected chi connectivity index (χ3v) is 3.44. The standard InChI is InChI=1S/C11H18N4/c1-14-7-5-12-11(14)13-9-4-6-15(8-9)10-2-3-10/h5,7,9-10H,2-4,6,8H2,1H3,(H,12,13). The molecule has 1 aromatic heterocycles. The maximum absolute atomic E-state index is 4.30. The molecule has 1 aromatic rings. The summed E-state index contributed by atoms with van der Waals surface area (Å²) in [6.45, 7) is 2.45. The van der Waals surface area contributed by atoms with Gasteiger partial charge in [0.25, 0.3) is 0 Å². The van der Waals surface area contributed by atoms with E-state index in [2.05, 4.69) is 15.2 Å². The van der Waals surface area contributed by atoms with Gasteiger partial charge in [-0.3, -0.25) is 4.90 Å². The van der Waals surface area contributed by atoms with Gasteiger partial charge in [0.2, 0.25) is 5.95 Å². The van der Waals surface area contributed by atoms with Crippen LogP contribution in [0.5, 0.6) is 0 Å². The van der Waals surface area contributed by atoms with Gasteiger partial charge in [-0.1, -0.05) is 0 Å². The van der Waals surface area contributed by atoms with Gasteiger partial charge in [-0.15, -0.1) is 0 Å². The predicted octanol–water partition coefficient (Wildman–Crippen LogP) is 1.07. The molecule has 4 nitrogen and oxygen atoms in total. The summed E-state index contributed by atoms with van der Waals surface area (Å²) in [4.78, 5) is 6.91. The molecule has 1 aliphatic heterocycles. The van der Waals surface area contributed by atoms with Crippen molar-refractivity contribution >= 4 is 5.95 Å². The minimum atomic E-state index is 0.590. The molecular weight excluding hydrogens is 188 g/mol. The van der Waals surface area contributed by atoms with Crippen LogP contribution in [0, 0.1) is 0 Å². The monoisotopic (exact) mass is 206 g/mol. The highest BCUT2D eigenvalue weighted by Crippen LogP contribution is 2.30. The van der Waals surface area contributed by atoms with Crippen molar-refractivity contribution in [2.75, 3.05) is 18.4 Å². The summed E-state index contributed by atoms with van der Waals surface area (Å²) in [5.74, 6) is 0.998. The highest BCUT2D eigenvalue weighted by atomic mass is 15.3. The van der Waals surface area contributed by atoms with Crippen LogP contribution in [0.4, 0.5) is 5.95 Å². The molecule has 2 heterocycles. The second-order valence-electron chi connectivity index (χ2n) is 4.72. The summed E-state index contributed by atoms with van der Waals surface area (Å²) < 4.78 is 2.04. The molecule has 1 atom stereocenters. The van der Waals surface area contributed by atoms with E-state index < -0.39 is 0 Å². The van der Waals surface area contributed by atoms with Crippen molar-refractivity contribution in [3.63, 3.8) is 0 Å². The van der Waals surface area contributed by atoms with Gasteiger partial charge in [0.05, 0.1) is 0 Å². The third-order valence-electron chi connectivity index (χ3n) is 3.44. The number of aromatic nitrogens is 2. The summed E-state index contributed by atoms with van der Waals surface area (Å²) >= 11 is 0. The number of nitrogens with zero attached hydrogens (tertiary/aromatic N) is 3. The average molecular weight is 206 g/mol. The Kier molecular flexibility index (Phi) is 2.16. The van der Waals surface area contributed by atoms with Crippen LogP contribution < -0.4 is 5.32 Å². The van der Waals surface area contributed by atoms with Crippen LogP contribution in [0.25, 0.3) is 0 Å². The summed E-state index contributed by atoms with van der Waals surface area (Å²) in [6.07, 6.45) is 7.90. The lowest BCUT2D eigenvalue weighted by Gasteiger charge is -2.16. The highest BCUT2D eigenvalue weighted by Gasteiger charge is 2.34. The molecule has 0 bridgehead atoms. The minimum absolute atomic E-state index is 0.590. The summed E-state index contributed by atoms with van der Waals surface area (Å²) in [5, 5.41) is 3.51. The molecule has 1 saturated carbocycles. The molecule has 1 N–H and O–H groups in total. The first kappa shape index (κ1) is 9.21. The van der Waals surface area contributed by atoms with Gasteiger partial charge >= 0.3 is 0 Å². The number of hydrogen-bond acceptors (Lipinski definition) is 3. The van der Waals surface area contributed by atoms with E-state index in [1.165, 1.54) is 32.4 Å². The number of aryl methyl sites for hydroxylation is 1. The van der Waals surface area contributed by atoms with Crippen molar-refractivity contribution in [3.8, 4) is 0 Å². The fourth-order valence-corrected chi connectivity index (χ4v) is 2.36. The van der Waals surface area contributed by atoms with Crippen LogP contribution in [-0.4, -0.2) is 39.6 Å². The van der Waals surface area contributed by atoms with Gasteiger partial charge in [0.15, 0.2) is 0 Å². The number of rotatable bonds is 3. The number of hydrogen-bond donors (Lipinski definition) is 1. The van der Waals surface area contributed by atoms with Crippen molar-refractivity contribution < 1.29 is 0 Å². The lowest BCUT2D eigenvalue weighted by Crippen LogP contribution is -2.28. The van der Waals surface area contributed by atoms with Crippen molar-refractivity contribution in [3.05, 3.63) is 12.4 Å². The fourth-order valence-electron chi connectivity index (χ4n) is 2.36. The second kappa shape index (κ2) is 3.52. The molecule has 2 fully saturated rings. The Labute approximate surface area is 90.3 Å². The Morgan fingerprint density at radius 3 is 2.93 bits per heavy atom. The van der Waals surface area contributed by atoms with E-state index in [0.717, 1.165) is 12.0 Å². The van der Waals surface area contributed by atoms with Gasteiger partial charge in [-0.2, -0.15) is 0 Å². The molecule has 1 saturated heterocycles. The van der Waals surface area contributed by atoms with Gasteiger partial charge in [0.1, 0.15) is 0 Å². The van der Waals surface area contributed by atoms with E-state index in [-0.39, 0.29) is 0 Å². The predicted molar refractivity (Wildman–Crippen MR) is 59.8 cm³/mol. The summed E-state index contributed by atoms with van der Waals surface area (Å²) in [7, 11) is 2.03. The number of likely N-dealkylation sites (tertiary alicyclic amines) is 1. The van der Waals surface area contributed by atoms with Crippen LogP contribution in [0.3, 0.4) is 0 Å². The Morgan fingerprint density at radius 2 is 2.27 bits per heavy atom.